The fraction of sp³-hybridized carbons (Fsp3) is 0.412. The Balaban J connectivity index is 1.65. The monoisotopic (exact) mass is 299 g/mol. The summed E-state index contributed by atoms with van der Waals surface area (Å²) in [7, 11) is 0. The number of piperidine rings is 1. The van der Waals surface area contributed by atoms with E-state index in [1.807, 2.05) is 41.3 Å². The van der Waals surface area contributed by atoms with Crippen molar-refractivity contribution in [2.24, 2.45) is 0 Å². The molecule has 0 aromatic heterocycles. The number of hydrogen-bond acceptors (Lipinski definition) is 3. The minimum Gasteiger partial charge on any atom is -0.341 e. The molecule has 0 spiro atoms. The van der Waals surface area contributed by atoms with Crippen LogP contribution in [0.15, 0.2) is 36.4 Å². The second-order valence-electron chi connectivity index (χ2n) is 5.72. The van der Waals surface area contributed by atoms with Gasteiger partial charge in [-0.25, -0.2) is 5.01 Å². The zero-order valence-electron chi connectivity index (χ0n) is 12.6. The van der Waals surface area contributed by atoms with Crippen molar-refractivity contribution in [3.05, 3.63) is 42.0 Å². The van der Waals surface area contributed by atoms with Crippen LogP contribution in [0.3, 0.4) is 0 Å². The van der Waals surface area contributed by atoms with Crippen LogP contribution in [0.4, 0.5) is 0 Å². The Morgan fingerprint density at radius 1 is 1.09 bits per heavy atom. The Kier molecular flexibility index (Phi) is 4.42. The van der Waals surface area contributed by atoms with E-state index in [0.717, 1.165) is 37.2 Å². The Bertz CT molecular complexity index is 577. The highest BCUT2D eigenvalue weighted by Gasteiger charge is 2.25. The molecular formula is C17H21N3O2. The van der Waals surface area contributed by atoms with Gasteiger partial charge in [-0.2, -0.15) is 0 Å². The fourth-order valence-corrected chi connectivity index (χ4v) is 2.86. The smallest absolute Gasteiger partial charge is 0.245 e. The van der Waals surface area contributed by atoms with E-state index in [4.69, 9.17) is 0 Å². The Morgan fingerprint density at radius 2 is 1.82 bits per heavy atom. The van der Waals surface area contributed by atoms with E-state index in [0.29, 0.717) is 6.42 Å². The van der Waals surface area contributed by atoms with E-state index >= 15 is 0 Å². The van der Waals surface area contributed by atoms with Gasteiger partial charge in [0.1, 0.15) is 6.54 Å². The maximum Gasteiger partial charge on any atom is 0.245 e. The molecule has 1 saturated heterocycles. The van der Waals surface area contributed by atoms with E-state index in [1.165, 1.54) is 11.4 Å². The maximum atomic E-state index is 12.3. The molecule has 1 aromatic rings. The summed E-state index contributed by atoms with van der Waals surface area (Å²) in [6.45, 7) is 1.72. The molecule has 0 unspecified atom stereocenters. The van der Waals surface area contributed by atoms with Gasteiger partial charge in [-0.1, -0.05) is 30.3 Å². The van der Waals surface area contributed by atoms with Gasteiger partial charge in [0.05, 0.1) is 5.70 Å². The molecule has 2 amide bonds. The minimum atomic E-state index is -0.0648. The van der Waals surface area contributed by atoms with Crippen molar-refractivity contribution in [3.63, 3.8) is 0 Å². The maximum absolute atomic E-state index is 12.3. The standard InChI is InChI=1S/C17H21N3O2/c21-16-10-9-15(14-7-3-1-4-8-14)18-20(16)13-17(22)19-11-5-2-6-12-19/h1,3-4,7-9,18H,2,5-6,10-13H2. The predicted octanol–water partition coefficient (Wildman–Crippen LogP) is 1.78. The van der Waals surface area contributed by atoms with Gasteiger partial charge in [0, 0.05) is 19.5 Å². The van der Waals surface area contributed by atoms with Crippen LogP contribution in [0.2, 0.25) is 0 Å². The van der Waals surface area contributed by atoms with Crippen LogP contribution in [-0.4, -0.2) is 41.4 Å². The van der Waals surface area contributed by atoms with Gasteiger partial charge in [-0.05, 0) is 30.9 Å². The summed E-state index contributed by atoms with van der Waals surface area (Å²) >= 11 is 0. The number of rotatable bonds is 3. The Hall–Kier alpha value is -2.30. The highest BCUT2D eigenvalue weighted by Crippen LogP contribution is 2.17. The topological polar surface area (TPSA) is 52.7 Å². The van der Waals surface area contributed by atoms with Crippen LogP contribution in [0.5, 0.6) is 0 Å². The molecule has 2 aliphatic rings. The van der Waals surface area contributed by atoms with Crippen molar-refractivity contribution in [2.75, 3.05) is 19.6 Å². The second-order valence-corrected chi connectivity index (χ2v) is 5.72. The van der Waals surface area contributed by atoms with Crippen LogP contribution < -0.4 is 5.43 Å². The summed E-state index contributed by atoms with van der Waals surface area (Å²) in [5.74, 6) is -0.0418. The van der Waals surface area contributed by atoms with Crippen molar-refractivity contribution in [1.29, 1.82) is 0 Å². The lowest BCUT2D eigenvalue weighted by molar-refractivity contribution is -0.142. The number of carbonyl (C=O) groups is 2. The summed E-state index contributed by atoms with van der Waals surface area (Å²) < 4.78 is 0. The van der Waals surface area contributed by atoms with Gasteiger partial charge in [-0.3, -0.25) is 15.0 Å². The van der Waals surface area contributed by atoms with E-state index < -0.39 is 0 Å². The average molecular weight is 299 g/mol. The fourth-order valence-electron chi connectivity index (χ4n) is 2.86. The molecule has 5 nitrogen and oxygen atoms in total. The number of hydrazine groups is 1. The van der Waals surface area contributed by atoms with Crippen molar-refractivity contribution in [3.8, 4) is 0 Å². The first-order chi connectivity index (χ1) is 10.7. The van der Waals surface area contributed by atoms with Gasteiger partial charge in [0.2, 0.25) is 11.8 Å². The molecule has 116 valence electrons. The minimum absolute atomic E-state index is 0.0230. The third kappa shape index (κ3) is 3.30. The summed E-state index contributed by atoms with van der Waals surface area (Å²) in [5, 5.41) is 1.44. The third-order valence-corrected chi connectivity index (χ3v) is 4.12. The molecule has 1 fully saturated rings. The summed E-state index contributed by atoms with van der Waals surface area (Å²) in [4.78, 5) is 26.2. The van der Waals surface area contributed by atoms with Crippen molar-refractivity contribution >= 4 is 17.5 Å². The predicted molar refractivity (Wildman–Crippen MR) is 84.3 cm³/mol. The zero-order valence-corrected chi connectivity index (χ0v) is 12.6. The molecule has 3 rings (SSSR count). The number of amides is 2. The van der Waals surface area contributed by atoms with Crippen LogP contribution >= 0.6 is 0 Å². The molecule has 1 N–H and O–H groups in total. The van der Waals surface area contributed by atoms with Gasteiger partial charge < -0.3 is 4.90 Å². The molecule has 5 heteroatoms. The highest BCUT2D eigenvalue weighted by atomic mass is 16.2. The first-order valence-electron chi connectivity index (χ1n) is 7.84. The molecule has 22 heavy (non-hydrogen) atoms. The van der Waals surface area contributed by atoms with Gasteiger partial charge in [0.25, 0.3) is 0 Å². The van der Waals surface area contributed by atoms with E-state index in [2.05, 4.69) is 5.43 Å². The normalized spacial score (nSPS) is 18.7. The first kappa shape index (κ1) is 14.6. The van der Waals surface area contributed by atoms with Crippen LogP contribution in [-0.2, 0) is 9.59 Å². The summed E-state index contributed by atoms with van der Waals surface area (Å²) in [5.41, 5.74) is 4.99. The zero-order chi connectivity index (χ0) is 15.4. The number of hydrogen-bond donors (Lipinski definition) is 1. The van der Waals surface area contributed by atoms with Crippen LogP contribution in [0, 0.1) is 0 Å². The second kappa shape index (κ2) is 6.64. The van der Waals surface area contributed by atoms with E-state index in [-0.39, 0.29) is 18.4 Å². The highest BCUT2D eigenvalue weighted by molar-refractivity contribution is 5.88. The lowest BCUT2D eigenvalue weighted by atomic mass is 10.1. The van der Waals surface area contributed by atoms with Crippen molar-refractivity contribution in [2.45, 2.75) is 25.7 Å². The number of nitrogens with zero attached hydrogens (tertiary/aromatic N) is 2. The van der Waals surface area contributed by atoms with Gasteiger partial charge in [0.15, 0.2) is 0 Å². The van der Waals surface area contributed by atoms with E-state index in [1.54, 1.807) is 0 Å². The molecular weight excluding hydrogens is 278 g/mol. The Morgan fingerprint density at radius 3 is 2.55 bits per heavy atom. The van der Waals surface area contributed by atoms with Gasteiger partial charge in [-0.15, -0.1) is 0 Å². The van der Waals surface area contributed by atoms with E-state index in [9.17, 15) is 9.59 Å². The van der Waals surface area contributed by atoms with Crippen molar-refractivity contribution < 1.29 is 9.59 Å². The van der Waals surface area contributed by atoms with Gasteiger partial charge >= 0.3 is 0 Å². The van der Waals surface area contributed by atoms with Crippen LogP contribution in [0.25, 0.3) is 5.70 Å². The molecule has 2 aliphatic heterocycles. The van der Waals surface area contributed by atoms with Crippen molar-refractivity contribution in [1.82, 2.24) is 15.3 Å². The number of nitrogens with one attached hydrogen (secondary N) is 1. The first-order valence-corrected chi connectivity index (χ1v) is 7.84. The molecule has 0 saturated carbocycles. The molecule has 0 radical (unpaired) electrons. The number of carbonyl (C=O) groups excluding carboxylic acids is 2. The SMILES string of the molecule is O=C(CN1NC(c2ccccc2)=CCC1=O)N1CCCCC1. The Labute approximate surface area is 130 Å². The quantitative estimate of drug-likeness (QED) is 0.925. The largest absolute Gasteiger partial charge is 0.341 e. The number of likely N-dealkylation sites (tertiary alicyclic amines) is 1. The van der Waals surface area contributed by atoms with Crippen LogP contribution in [0.1, 0.15) is 31.2 Å². The lowest BCUT2D eigenvalue weighted by Crippen LogP contribution is -2.50. The molecule has 2 heterocycles. The lowest BCUT2D eigenvalue weighted by Gasteiger charge is -2.32. The third-order valence-electron chi connectivity index (χ3n) is 4.12. The molecule has 0 aliphatic carbocycles. The summed E-state index contributed by atoms with van der Waals surface area (Å²) in [6, 6.07) is 9.84. The number of benzene rings is 1. The molecule has 0 atom stereocenters. The molecule has 1 aromatic carbocycles. The average Bonchev–Trinajstić information content (AvgIpc) is 2.58. The summed E-state index contributed by atoms with van der Waals surface area (Å²) in [6.07, 6.45) is 5.50. The molecule has 0 bridgehead atoms.